The van der Waals surface area contributed by atoms with E-state index >= 15 is 0 Å². The molecule has 2 amide bonds. The third kappa shape index (κ3) is 7.02. The molecule has 1 aromatic rings. The van der Waals surface area contributed by atoms with E-state index in [0.717, 1.165) is 0 Å². The van der Waals surface area contributed by atoms with E-state index in [1.165, 1.54) is 36.1 Å². The molecule has 174 valence electrons. The molecule has 0 spiro atoms. The quantitative estimate of drug-likeness (QED) is 0.709. The van der Waals surface area contributed by atoms with E-state index in [-0.39, 0.29) is 18.3 Å². The van der Waals surface area contributed by atoms with E-state index in [4.69, 9.17) is 14.2 Å². The largest absolute Gasteiger partial charge is 0.481 e. The summed E-state index contributed by atoms with van der Waals surface area (Å²) in [5, 5.41) is 2.53. The second-order valence-electron chi connectivity index (χ2n) is 8.85. The lowest BCUT2D eigenvalue weighted by molar-refractivity contribution is -0.199. The summed E-state index contributed by atoms with van der Waals surface area (Å²) >= 11 is 0. The summed E-state index contributed by atoms with van der Waals surface area (Å²) in [6.45, 7) is 9.47. The maximum absolute atomic E-state index is 13.7. The Morgan fingerprint density at radius 2 is 1.81 bits per heavy atom. The Morgan fingerprint density at radius 3 is 2.29 bits per heavy atom. The lowest BCUT2D eigenvalue weighted by Crippen LogP contribution is -2.52. The third-order valence-electron chi connectivity index (χ3n) is 4.47. The van der Waals surface area contributed by atoms with Gasteiger partial charge in [-0.05, 0) is 58.9 Å². The fourth-order valence-electron chi connectivity index (χ4n) is 3.22. The smallest absolute Gasteiger partial charge is 0.425 e. The summed E-state index contributed by atoms with van der Waals surface area (Å²) in [5.74, 6) is -0.314. The third-order valence-corrected chi connectivity index (χ3v) is 4.47. The van der Waals surface area contributed by atoms with Crippen LogP contribution in [0.15, 0.2) is 24.3 Å². The Hall–Kier alpha value is -2.49. The summed E-state index contributed by atoms with van der Waals surface area (Å²) < 4.78 is 57.4. The maximum atomic E-state index is 13.7. The van der Waals surface area contributed by atoms with Crippen molar-refractivity contribution in [1.29, 1.82) is 0 Å². The van der Waals surface area contributed by atoms with E-state index in [0.29, 0.717) is 5.69 Å². The van der Waals surface area contributed by atoms with Gasteiger partial charge >= 0.3 is 12.3 Å². The van der Waals surface area contributed by atoms with E-state index < -0.39 is 42.2 Å². The number of carbonyl (C=O) groups excluding carboxylic acids is 2. The molecule has 1 fully saturated rings. The van der Waals surface area contributed by atoms with Crippen molar-refractivity contribution >= 4 is 17.7 Å². The Labute approximate surface area is 179 Å². The highest BCUT2D eigenvalue weighted by Gasteiger charge is 2.51. The van der Waals surface area contributed by atoms with E-state index in [2.05, 4.69) is 5.32 Å². The van der Waals surface area contributed by atoms with Crippen molar-refractivity contribution in [2.75, 3.05) is 11.9 Å². The molecule has 10 heteroatoms. The highest BCUT2D eigenvalue weighted by Crippen LogP contribution is 2.36. The Kier molecular flexibility index (Phi) is 7.14. The van der Waals surface area contributed by atoms with Gasteiger partial charge < -0.3 is 19.5 Å². The van der Waals surface area contributed by atoms with Crippen LogP contribution in [0.25, 0.3) is 0 Å². The van der Waals surface area contributed by atoms with Crippen molar-refractivity contribution in [3.8, 4) is 5.75 Å². The van der Waals surface area contributed by atoms with Gasteiger partial charge in [0.25, 0.3) is 0 Å². The number of hydrogen-bond acceptors (Lipinski definition) is 5. The standard InChI is InChI=1S/C21H29F3N2O5/c1-13(27)25-14-7-9-16(10-8-14)30-17(21(22,23)24)11-15-12-29-20(5,6)26(15)18(28)31-19(2,3)4/h7-10,15,17H,11-12H2,1-6H3,(H,25,27). The van der Waals surface area contributed by atoms with Gasteiger partial charge in [0, 0.05) is 19.0 Å². The van der Waals surface area contributed by atoms with Gasteiger partial charge in [0.1, 0.15) is 17.1 Å². The zero-order valence-electron chi connectivity index (χ0n) is 18.5. The second-order valence-corrected chi connectivity index (χ2v) is 8.85. The van der Waals surface area contributed by atoms with Crippen LogP contribution in [-0.4, -0.2) is 53.2 Å². The molecule has 1 N–H and O–H groups in total. The number of benzene rings is 1. The summed E-state index contributed by atoms with van der Waals surface area (Å²) in [7, 11) is 0. The van der Waals surface area contributed by atoms with Crippen molar-refractivity contribution < 1.29 is 37.0 Å². The van der Waals surface area contributed by atoms with Gasteiger partial charge in [-0.1, -0.05) is 0 Å². The maximum Gasteiger partial charge on any atom is 0.425 e. The number of amides is 2. The molecule has 0 saturated carbocycles. The lowest BCUT2D eigenvalue weighted by atomic mass is 10.1. The lowest BCUT2D eigenvalue weighted by Gasteiger charge is -2.36. The van der Waals surface area contributed by atoms with Gasteiger partial charge in [-0.25, -0.2) is 4.79 Å². The Bertz CT molecular complexity index is 788. The molecule has 31 heavy (non-hydrogen) atoms. The predicted molar refractivity (Wildman–Crippen MR) is 108 cm³/mol. The van der Waals surface area contributed by atoms with Crippen molar-refractivity contribution in [2.24, 2.45) is 0 Å². The SMILES string of the molecule is CC(=O)Nc1ccc(OC(CC2COC(C)(C)N2C(=O)OC(C)(C)C)C(F)(F)F)cc1. The molecule has 2 unspecified atom stereocenters. The van der Waals surface area contributed by atoms with Crippen LogP contribution in [0.2, 0.25) is 0 Å². The van der Waals surface area contributed by atoms with Crippen LogP contribution in [0.4, 0.5) is 23.7 Å². The molecular formula is C21H29F3N2O5. The van der Waals surface area contributed by atoms with Crippen molar-refractivity contribution in [3.63, 3.8) is 0 Å². The van der Waals surface area contributed by atoms with E-state index in [1.807, 2.05) is 0 Å². The number of nitrogens with zero attached hydrogens (tertiary/aromatic N) is 1. The number of alkyl halides is 3. The summed E-state index contributed by atoms with van der Waals surface area (Å²) in [6, 6.07) is 4.67. The predicted octanol–water partition coefficient (Wildman–Crippen LogP) is 4.72. The fraction of sp³-hybridized carbons (Fsp3) is 0.619. The van der Waals surface area contributed by atoms with Crippen molar-refractivity contribution in [2.45, 2.75) is 77.6 Å². The summed E-state index contributed by atoms with van der Waals surface area (Å²) in [5.41, 5.74) is -1.50. The number of ether oxygens (including phenoxy) is 3. The Morgan fingerprint density at radius 1 is 1.23 bits per heavy atom. The van der Waals surface area contributed by atoms with Crippen molar-refractivity contribution in [3.05, 3.63) is 24.3 Å². The molecule has 0 bridgehead atoms. The first-order chi connectivity index (χ1) is 14.1. The van der Waals surface area contributed by atoms with Crippen LogP contribution < -0.4 is 10.1 Å². The molecule has 0 aromatic heterocycles. The first-order valence-electron chi connectivity index (χ1n) is 9.86. The highest BCUT2D eigenvalue weighted by atomic mass is 19.4. The molecule has 2 atom stereocenters. The highest BCUT2D eigenvalue weighted by molar-refractivity contribution is 5.88. The molecule has 1 aliphatic rings. The van der Waals surface area contributed by atoms with Gasteiger partial charge in [-0.3, -0.25) is 9.69 Å². The number of carbonyl (C=O) groups is 2. The van der Waals surface area contributed by atoms with Gasteiger partial charge in [0.2, 0.25) is 5.91 Å². The first-order valence-corrected chi connectivity index (χ1v) is 9.86. The van der Waals surface area contributed by atoms with Crippen LogP contribution in [0.5, 0.6) is 5.75 Å². The fourth-order valence-corrected chi connectivity index (χ4v) is 3.22. The monoisotopic (exact) mass is 446 g/mol. The van der Waals surface area contributed by atoms with E-state index in [9.17, 15) is 22.8 Å². The molecule has 1 saturated heterocycles. The van der Waals surface area contributed by atoms with Gasteiger partial charge in [0.15, 0.2) is 6.10 Å². The molecule has 0 aliphatic carbocycles. The van der Waals surface area contributed by atoms with Gasteiger partial charge in [0.05, 0.1) is 12.6 Å². The number of anilines is 1. The molecular weight excluding hydrogens is 417 g/mol. The van der Waals surface area contributed by atoms with Crippen LogP contribution in [0.3, 0.4) is 0 Å². The Balaban J connectivity index is 2.19. The average Bonchev–Trinajstić information content (AvgIpc) is 2.87. The molecule has 0 radical (unpaired) electrons. The average molecular weight is 446 g/mol. The van der Waals surface area contributed by atoms with Crippen molar-refractivity contribution in [1.82, 2.24) is 4.90 Å². The minimum Gasteiger partial charge on any atom is -0.481 e. The van der Waals surface area contributed by atoms with Gasteiger partial charge in [-0.15, -0.1) is 0 Å². The summed E-state index contributed by atoms with van der Waals surface area (Å²) in [6.07, 6.45) is -8.13. The minimum absolute atomic E-state index is 0.0154. The molecule has 7 nitrogen and oxygen atoms in total. The number of halogens is 3. The van der Waals surface area contributed by atoms with Crippen LogP contribution >= 0.6 is 0 Å². The van der Waals surface area contributed by atoms with E-state index in [1.54, 1.807) is 34.6 Å². The number of hydrogen-bond donors (Lipinski definition) is 1. The topological polar surface area (TPSA) is 77.1 Å². The molecule has 2 rings (SSSR count). The first kappa shape index (κ1) is 24.8. The van der Waals surface area contributed by atoms with Gasteiger partial charge in [-0.2, -0.15) is 13.2 Å². The number of rotatable bonds is 5. The normalized spacial score (nSPS) is 19.6. The number of nitrogens with one attached hydrogen (secondary N) is 1. The summed E-state index contributed by atoms with van der Waals surface area (Å²) in [4.78, 5) is 24.9. The second kappa shape index (κ2) is 8.94. The van der Waals surface area contributed by atoms with Crippen LogP contribution in [-0.2, 0) is 14.3 Å². The molecule has 1 aromatic carbocycles. The minimum atomic E-state index is -4.68. The molecule has 1 heterocycles. The zero-order valence-corrected chi connectivity index (χ0v) is 18.5. The van der Waals surface area contributed by atoms with Crippen LogP contribution in [0, 0.1) is 0 Å². The van der Waals surface area contributed by atoms with Crippen LogP contribution in [0.1, 0.15) is 48.0 Å². The molecule has 1 aliphatic heterocycles. The zero-order chi connectivity index (χ0) is 23.6.